The molecule has 1 aromatic heterocycles. The number of ether oxygens (including phenoxy) is 1. The van der Waals surface area contributed by atoms with Crippen LogP contribution >= 0.6 is 11.3 Å². The molecule has 0 bridgehead atoms. The van der Waals surface area contributed by atoms with Gasteiger partial charge in [-0.3, -0.25) is 4.79 Å². The fourth-order valence-corrected chi connectivity index (χ4v) is 3.46. The first-order valence-electron chi connectivity index (χ1n) is 6.05. The number of hydrogen-bond donors (Lipinski definition) is 1. The number of rotatable bonds is 6. The molecular weight excluding hydrogens is 314 g/mol. The van der Waals surface area contributed by atoms with E-state index in [2.05, 4.69) is 16.6 Å². The first-order valence-corrected chi connectivity index (χ1v) is 8.58. The number of hydrogen-bond acceptors (Lipinski definition) is 6. The molecule has 1 N–H and O–H groups in total. The molecule has 1 rings (SSSR count). The van der Waals surface area contributed by atoms with Gasteiger partial charge < -0.3 is 10.1 Å². The van der Waals surface area contributed by atoms with E-state index >= 15 is 0 Å². The van der Waals surface area contributed by atoms with Crippen LogP contribution in [-0.2, 0) is 19.4 Å². The predicted octanol–water partition coefficient (Wildman–Crippen LogP) is 1.77. The minimum atomic E-state index is -3.60. The fraction of sp³-hybridized carbons (Fsp3) is 0.385. The summed E-state index contributed by atoms with van der Waals surface area (Å²) in [6.07, 6.45) is 1.23. The molecule has 0 fully saturated rings. The highest BCUT2D eigenvalue weighted by Crippen LogP contribution is 2.28. The number of sulfone groups is 1. The predicted molar refractivity (Wildman–Crippen MR) is 82.5 cm³/mol. The number of methoxy groups -OCH3 is 1. The van der Waals surface area contributed by atoms with Crippen LogP contribution in [0.3, 0.4) is 0 Å². The third-order valence-corrected chi connectivity index (χ3v) is 5.71. The summed E-state index contributed by atoms with van der Waals surface area (Å²) in [7, 11) is -2.37. The molecule has 0 aromatic carbocycles. The Morgan fingerprint density at radius 2 is 2.14 bits per heavy atom. The maximum absolute atomic E-state index is 12.0. The van der Waals surface area contributed by atoms with Crippen molar-refractivity contribution in [2.45, 2.75) is 19.1 Å². The second-order valence-corrected chi connectivity index (χ2v) is 7.96. The zero-order chi connectivity index (χ0) is 16.2. The van der Waals surface area contributed by atoms with Crippen molar-refractivity contribution < 1.29 is 22.7 Å². The highest BCUT2D eigenvalue weighted by Gasteiger charge is 2.28. The topological polar surface area (TPSA) is 89.5 Å². The zero-order valence-electron chi connectivity index (χ0n) is 12.0. The highest BCUT2D eigenvalue weighted by atomic mass is 32.2. The van der Waals surface area contributed by atoms with Crippen LogP contribution in [0, 0.1) is 6.92 Å². The number of anilines is 1. The third kappa shape index (κ3) is 4.15. The van der Waals surface area contributed by atoms with Crippen LogP contribution in [0.4, 0.5) is 5.00 Å². The van der Waals surface area contributed by atoms with Gasteiger partial charge in [0.05, 0.1) is 18.4 Å². The second kappa shape index (κ2) is 6.86. The van der Waals surface area contributed by atoms with Crippen molar-refractivity contribution in [3.63, 3.8) is 0 Å². The van der Waals surface area contributed by atoms with E-state index in [0.29, 0.717) is 0 Å². The number of thiophene rings is 1. The van der Waals surface area contributed by atoms with Crippen LogP contribution in [0.2, 0.25) is 0 Å². The van der Waals surface area contributed by atoms with Crippen molar-refractivity contribution in [1.29, 1.82) is 0 Å². The molecule has 0 aliphatic rings. The molecule has 8 heteroatoms. The largest absolute Gasteiger partial charge is 0.465 e. The molecule has 0 aliphatic heterocycles. The minimum absolute atomic E-state index is 0.210. The number of carbonyl (C=O) groups is 2. The Morgan fingerprint density at radius 1 is 1.52 bits per heavy atom. The summed E-state index contributed by atoms with van der Waals surface area (Å²) in [5, 5.41) is 1.53. The molecule has 21 heavy (non-hydrogen) atoms. The molecule has 1 amide bonds. The smallest absolute Gasteiger partial charge is 0.340 e. The van der Waals surface area contributed by atoms with E-state index in [0.717, 1.165) is 4.88 Å². The SMILES string of the molecule is C=CCS(=O)(=O)C(C)C(=O)Nc1sc(C)cc1C(=O)OC. The summed E-state index contributed by atoms with van der Waals surface area (Å²) < 4.78 is 28.3. The van der Waals surface area contributed by atoms with Crippen molar-refractivity contribution >= 4 is 38.1 Å². The second-order valence-electron chi connectivity index (χ2n) is 4.34. The van der Waals surface area contributed by atoms with Crippen LogP contribution in [0.15, 0.2) is 18.7 Å². The Balaban J connectivity index is 2.99. The van der Waals surface area contributed by atoms with Gasteiger partial charge in [-0.2, -0.15) is 0 Å². The van der Waals surface area contributed by atoms with E-state index in [-0.39, 0.29) is 16.3 Å². The van der Waals surface area contributed by atoms with Crippen LogP contribution < -0.4 is 5.32 Å². The minimum Gasteiger partial charge on any atom is -0.465 e. The van der Waals surface area contributed by atoms with Gasteiger partial charge in [0, 0.05) is 4.88 Å². The first kappa shape index (κ1) is 17.4. The van der Waals surface area contributed by atoms with Gasteiger partial charge in [0.1, 0.15) is 10.3 Å². The van der Waals surface area contributed by atoms with E-state index in [9.17, 15) is 18.0 Å². The average molecular weight is 331 g/mol. The summed E-state index contributed by atoms with van der Waals surface area (Å²) in [6.45, 7) is 6.42. The monoisotopic (exact) mass is 331 g/mol. The standard InChI is InChI=1S/C13H17NO5S2/c1-5-6-21(17,18)9(3)11(15)14-12-10(13(16)19-4)7-8(2)20-12/h5,7,9H,1,6H2,2-4H3,(H,14,15). The van der Waals surface area contributed by atoms with E-state index < -0.39 is 27.0 Å². The van der Waals surface area contributed by atoms with Crippen molar-refractivity contribution in [3.05, 3.63) is 29.2 Å². The van der Waals surface area contributed by atoms with Crippen molar-refractivity contribution in [2.75, 3.05) is 18.2 Å². The molecule has 0 saturated carbocycles. The van der Waals surface area contributed by atoms with Gasteiger partial charge in [-0.1, -0.05) is 6.08 Å². The Kier molecular flexibility index (Phi) is 5.68. The normalized spacial score (nSPS) is 12.5. The molecule has 0 spiro atoms. The van der Waals surface area contributed by atoms with E-state index in [4.69, 9.17) is 0 Å². The van der Waals surface area contributed by atoms with E-state index in [1.807, 2.05) is 0 Å². The maximum atomic E-state index is 12.0. The lowest BCUT2D eigenvalue weighted by Crippen LogP contribution is -2.33. The summed E-state index contributed by atoms with van der Waals surface area (Å²) in [5.74, 6) is -1.56. The Morgan fingerprint density at radius 3 is 2.67 bits per heavy atom. The molecule has 1 aromatic rings. The van der Waals surface area contributed by atoms with Crippen LogP contribution in [0.25, 0.3) is 0 Å². The van der Waals surface area contributed by atoms with Gasteiger partial charge in [-0.05, 0) is 19.9 Å². The molecule has 1 heterocycles. The molecule has 116 valence electrons. The van der Waals surface area contributed by atoms with Gasteiger partial charge in [-0.15, -0.1) is 17.9 Å². The van der Waals surface area contributed by atoms with Gasteiger partial charge in [0.25, 0.3) is 0 Å². The highest BCUT2D eigenvalue weighted by molar-refractivity contribution is 7.92. The van der Waals surface area contributed by atoms with Crippen LogP contribution in [0.1, 0.15) is 22.2 Å². The van der Waals surface area contributed by atoms with Gasteiger partial charge in [0.15, 0.2) is 9.84 Å². The lowest BCUT2D eigenvalue weighted by molar-refractivity contribution is -0.115. The summed E-state index contributed by atoms with van der Waals surface area (Å²) in [5.41, 5.74) is 0.210. The number of amides is 1. The third-order valence-electron chi connectivity index (χ3n) is 2.76. The number of aryl methyl sites for hydroxylation is 1. The number of esters is 1. The molecule has 0 saturated heterocycles. The quantitative estimate of drug-likeness (QED) is 0.634. The zero-order valence-corrected chi connectivity index (χ0v) is 13.6. The Hall–Kier alpha value is -1.67. The molecule has 0 radical (unpaired) electrons. The maximum Gasteiger partial charge on any atom is 0.340 e. The van der Waals surface area contributed by atoms with Crippen LogP contribution in [0.5, 0.6) is 0 Å². The summed E-state index contributed by atoms with van der Waals surface area (Å²) >= 11 is 1.18. The number of carbonyl (C=O) groups excluding carboxylic acids is 2. The lowest BCUT2D eigenvalue weighted by Gasteiger charge is -2.12. The number of nitrogens with one attached hydrogen (secondary N) is 1. The average Bonchev–Trinajstić information content (AvgIpc) is 2.77. The van der Waals surface area contributed by atoms with Gasteiger partial charge in [-0.25, -0.2) is 13.2 Å². The Labute approximate surface area is 127 Å². The van der Waals surface area contributed by atoms with E-state index in [1.165, 1.54) is 31.4 Å². The van der Waals surface area contributed by atoms with Crippen molar-refractivity contribution in [2.24, 2.45) is 0 Å². The fourth-order valence-electron chi connectivity index (χ4n) is 1.55. The molecule has 0 aliphatic carbocycles. The van der Waals surface area contributed by atoms with Gasteiger partial charge >= 0.3 is 5.97 Å². The summed E-state index contributed by atoms with van der Waals surface area (Å²) in [4.78, 5) is 24.4. The van der Waals surface area contributed by atoms with Crippen LogP contribution in [-0.4, -0.2) is 38.4 Å². The first-order chi connectivity index (χ1) is 9.72. The molecule has 1 unspecified atom stereocenters. The molecule has 1 atom stereocenters. The van der Waals surface area contributed by atoms with E-state index in [1.54, 1.807) is 13.0 Å². The van der Waals surface area contributed by atoms with Crippen molar-refractivity contribution in [1.82, 2.24) is 0 Å². The van der Waals surface area contributed by atoms with Gasteiger partial charge in [0.2, 0.25) is 5.91 Å². The lowest BCUT2D eigenvalue weighted by atomic mass is 10.3. The molecular formula is C13H17NO5S2. The summed E-state index contributed by atoms with van der Waals surface area (Å²) in [6, 6.07) is 1.58. The molecule has 6 nitrogen and oxygen atoms in total. The Bertz CT molecular complexity index is 660. The van der Waals surface area contributed by atoms with Crippen molar-refractivity contribution in [3.8, 4) is 0 Å².